The van der Waals surface area contributed by atoms with Crippen LogP contribution in [-0.2, 0) is 7.05 Å². The molecule has 0 unspecified atom stereocenters. The first-order chi connectivity index (χ1) is 6.65. The van der Waals surface area contributed by atoms with E-state index in [0.717, 1.165) is 6.07 Å². The third-order valence-corrected chi connectivity index (χ3v) is 2.10. The molecule has 72 valence electrons. The lowest BCUT2D eigenvalue weighted by atomic mass is 10.1. The summed E-state index contributed by atoms with van der Waals surface area (Å²) in [7, 11) is 1.57. The first-order valence-corrected chi connectivity index (χ1v) is 3.90. The maximum absolute atomic E-state index is 13.4. The molecule has 2 rings (SSSR count). The number of hydrogen-bond acceptors (Lipinski definition) is 2. The molecule has 2 aromatic rings. The zero-order chi connectivity index (χ0) is 10.3. The minimum Gasteiger partial charge on any atom is -0.298 e. The molecule has 0 saturated carbocycles. The van der Waals surface area contributed by atoms with Gasteiger partial charge in [-0.1, -0.05) is 0 Å². The molecule has 1 aromatic heterocycles. The monoisotopic (exact) mass is 196 g/mol. The minimum absolute atomic E-state index is 0.149. The normalized spacial score (nSPS) is 10.8. The summed E-state index contributed by atoms with van der Waals surface area (Å²) in [6, 6.07) is 1.09. The quantitative estimate of drug-likeness (QED) is 0.650. The molecule has 1 aromatic carbocycles. The number of aromatic nitrogens is 2. The Morgan fingerprint density at radius 1 is 1.50 bits per heavy atom. The highest BCUT2D eigenvalue weighted by atomic mass is 19.1. The summed E-state index contributed by atoms with van der Waals surface area (Å²) in [6.45, 7) is 0. The fraction of sp³-hybridized carbons (Fsp3) is 0.111. The third-order valence-electron chi connectivity index (χ3n) is 2.10. The van der Waals surface area contributed by atoms with Gasteiger partial charge in [0.15, 0.2) is 6.29 Å². The van der Waals surface area contributed by atoms with Gasteiger partial charge in [-0.3, -0.25) is 9.48 Å². The van der Waals surface area contributed by atoms with Gasteiger partial charge in [0.1, 0.15) is 11.6 Å². The Kier molecular flexibility index (Phi) is 1.80. The van der Waals surface area contributed by atoms with Gasteiger partial charge in [0, 0.05) is 13.1 Å². The second-order valence-corrected chi connectivity index (χ2v) is 2.90. The van der Waals surface area contributed by atoms with Crippen LogP contribution in [0.2, 0.25) is 0 Å². The van der Waals surface area contributed by atoms with Crippen molar-refractivity contribution in [2.24, 2.45) is 7.05 Å². The van der Waals surface area contributed by atoms with Crippen molar-refractivity contribution in [3.8, 4) is 0 Å². The van der Waals surface area contributed by atoms with Crippen LogP contribution in [0.1, 0.15) is 10.4 Å². The lowest BCUT2D eigenvalue weighted by Crippen LogP contribution is -1.96. The van der Waals surface area contributed by atoms with E-state index in [1.165, 1.54) is 10.9 Å². The molecule has 0 bridgehead atoms. The number of carbonyl (C=O) groups excluding carboxylic acids is 1. The maximum atomic E-state index is 13.4. The van der Waals surface area contributed by atoms with Crippen molar-refractivity contribution in [1.82, 2.24) is 9.78 Å². The van der Waals surface area contributed by atoms with Crippen LogP contribution < -0.4 is 0 Å². The van der Waals surface area contributed by atoms with Gasteiger partial charge >= 0.3 is 0 Å². The van der Waals surface area contributed by atoms with Crippen molar-refractivity contribution < 1.29 is 13.6 Å². The Morgan fingerprint density at radius 3 is 2.86 bits per heavy atom. The van der Waals surface area contributed by atoms with Crippen LogP contribution in [0.25, 0.3) is 10.9 Å². The van der Waals surface area contributed by atoms with Gasteiger partial charge in [-0.15, -0.1) is 0 Å². The van der Waals surface area contributed by atoms with Crippen LogP contribution in [-0.4, -0.2) is 16.1 Å². The van der Waals surface area contributed by atoms with E-state index >= 15 is 0 Å². The van der Waals surface area contributed by atoms with Gasteiger partial charge in [-0.05, 0) is 0 Å². The highest BCUT2D eigenvalue weighted by molar-refractivity contribution is 5.88. The molecule has 0 N–H and O–H groups in total. The van der Waals surface area contributed by atoms with Crippen LogP contribution in [0.4, 0.5) is 8.78 Å². The molecule has 0 fully saturated rings. The zero-order valence-electron chi connectivity index (χ0n) is 7.29. The zero-order valence-corrected chi connectivity index (χ0v) is 7.29. The van der Waals surface area contributed by atoms with Crippen molar-refractivity contribution in [3.63, 3.8) is 0 Å². The molecule has 14 heavy (non-hydrogen) atoms. The molecule has 0 saturated heterocycles. The number of aryl methyl sites for hydroxylation is 1. The molecule has 0 aliphatic heterocycles. The topological polar surface area (TPSA) is 34.9 Å². The first-order valence-electron chi connectivity index (χ1n) is 3.90. The Morgan fingerprint density at radius 2 is 2.21 bits per heavy atom. The molecular weight excluding hydrogens is 190 g/mol. The van der Waals surface area contributed by atoms with Crippen molar-refractivity contribution >= 4 is 17.2 Å². The smallest absolute Gasteiger partial charge is 0.155 e. The van der Waals surface area contributed by atoms with Crippen LogP contribution in [0, 0.1) is 11.6 Å². The van der Waals surface area contributed by atoms with E-state index in [0.29, 0.717) is 5.52 Å². The highest BCUT2D eigenvalue weighted by Crippen LogP contribution is 2.22. The Balaban J connectivity index is 2.94. The number of nitrogens with zero attached hydrogens (tertiary/aromatic N) is 2. The van der Waals surface area contributed by atoms with E-state index in [4.69, 9.17) is 0 Å². The average Bonchev–Trinajstić information content (AvgIpc) is 2.49. The van der Waals surface area contributed by atoms with Gasteiger partial charge < -0.3 is 0 Å². The molecule has 3 nitrogen and oxygen atoms in total. The van der Waals surface area contributed by atoms with Crippen LogP contribution in [0.3, 0.4) is 0 Å². The fourth-order valence-corrected chi connectivity index (χ4v) is 1.34. The van der Waals surface area contributed by atoms with Gasteiger partial charge in [0.05, 0.1) is 22.7 Å². The van der Waals surface area contributed by atoms with E-state index in [1.807, 2.05) is 0 Å². The lowest BCUT2D eigenvalue weighted by Gasteiger charge is -1.99. The molecule has 0 aliphatic rings. The summed E-state index contributed by atoms with van der Waals surface area (Å²) in [5.41, 5.74) is -0.226. The van der Waals surface area contributed by atoms with Gasteiger partial charge in [0.25, 0.3) is 0 Å². The van der Waals surface area contributed by atoms with Gasteiger partial charge in [-0.2, -0.15) is 5.10 Å². The standard InChI is InChI=1S/C9H6F2N2O/c1-13-8-2-7(10)6(4-14)9(11)5(8)3-12-13/h2-4H,1H3. The Bertz CT molecular complexity index is 519. The predicted molar refractivity (Wildman–Crippen MR) is 46.0 cm³/mol. The number of benzene rings is 1. The second kappa shape index (κ2) is 2.87. The Hall–Kier alpha value is -1.78. The van der Waals surface area contributed by atoms with Gasteiger partial charge in [-0.25, -0.2) is 8.78 Å². The van der Waals surface area contributed by atoms with Crippen LogP contribution in [0.5, 0.6) is 0 Å². The largest absolute Gasteiger partial charge is 0.298 e. The van der Waals surface area contributed by atoms with E-state index in [-0.39, 0.29) is 11.7 Å². The average molecular weight is 196 g/mol. The van der Waals surface area contributed by atoms with Gasteiger partial charge in [0.2, 0.25) is 0 Å². The SMILES string of the molecule is Cn1ncc2c(F)c(C=O)c(F)cc21. The molecule has 0 amide bonds. The van der Waals surface area contributed by atoms with Crippen LogP contribution in [0.15, 0.2) is 12.3 Å². The number of hydrogen-bond donors (Lipinski definition) is 0. The summed E-state index contributed by atoms with van der Waals surface area (Å²) in [5.74, 6) is -1.73. The molecule has 1 heterocycles. The summed E-state index contributed by atoms with van der Waals surface area (Å²) in [4.78, 5) is 10.4. The maximum Gasteiger partial charge on any atom is 0.155 e. The van der Waals surface area contributed by atoms with E-state index < -0.39 is 17.2 Å². The van der Waals surface area contributed by atoms with Crippen molar-refractivity contribution in [2.75, 3.05) is 0 Å². The Labute approximate surface area is 77.9 Å². The molecule has 0 atom stereocenters. The third kappa shape index (κ3) is 1.02. The van der Waals surface area contributed by atoms with E-state index in [2.05, 4.69) is 5.10 Å². The molecular formula is C9H6F2N2O. The highest BCUT2D eigenvalue weighted by Gasteiger charge is 2.15. The number of halogens is 2. The molecule has 0 radical (unpaired) electrons. The summed E-state index contributed by atoms with van der Waals surface area (Å²) < 4.78 is 27.9. The van der Waals surface area contributed by atoms with E-state index in [1.54, 1.807) is 7.05 Å². The second-order valence-electron chi connectivity index (χ2n) is 2.90. The number of rotatable bonds is 1. The number of fused-ring (bicyclic) bond motifs is 1. The first kappa shape index (κ1) is 8.80. The number of aldehydes is 1. The minimum atomic E-state index is -0.867. The molecule has 5 heteroatoms. The summed E-state index contributed by atoms with van der Waals surface area (Å²) >= 11 is 0. The summed E-state index contributed by atoms with van der Waals surface area (Å²) in [5, 5.41) is 3.92. The fourth-order valence-electron chi connectivity index (χ4n) is 1.34. The lowest BCUT2D eigenvalue weighted by molar-refractivity contribution is 0.111. The van der Waals surface area contributed by atoms with Crippen molar-refractivity contribution in [1.29, 1.82) is 0 Å². The molecule has 0 spiro atoms. The number of carbonyl (C=O) groups is 1. The van der Waals surface area contributed by atoms with Crippen molar-refractivity contribution in [2.45, 2.75) is 0 Å². The summed E-state index contributed by atoms with van der Waals surface area (Å²) in [6.07, 6.45) is 1.42. The van der Waals surface area contributed by atoms with Crippen molar-refractivity contribution in [3.05, 3.63) is 29.5 Å². The predicted octanol–water partition coefficient (Wildman–Crippen LogP) is 1.66. The van der Waals surface area contributed by atoms with E-state index in [9.17, 15) is 13.6 Å². The molecule has 0 aliphatic carbocycles. The van der Waals surface area contributed by atoms with Crippen LogP contribution >= 0.6 is 0 Å².